The monoisotopic (exact) mass is 412 g/mol. The Kier molecular flexibility index (Phi) is 6.39. The molecule has 1 aromatic heterocycles. The number of benzene rings is 1. The normalized spacial score (nSPS) is 23.5. The minimum Gasteiger partial charge on any atom is -0.496 e. The van der Waals surface area contributed by atoms with Gasteiger partial charge in [-0.15, -0.1) is 0 Å². The van der Waals surface area contributed by atoms with Crippen LogP contribution in [0.15, 0.2) is 30.5 Å². The molecule has 7 heteroatoms. The van der Waals surface area contributed by atoms with Crippen molar-refractivity contribution in [2.24, 2.45) is 0 Å². The molecule has 2 aromatic rings. The zero-order valence-electron chi connectivity index (χ0n) is 18.1. The summed E-state index contributed by atoms with van der Waals surface area (Å²) in [5, 5.41) is 7.36. The highest BCUT2D eigenvalue weighted by Crippen LogP contribution is 2.31. The van der Waals surface area contributed by atoms with Gasteiger partial charge in [0, 0.05) is 31.1 Å². The first-order chi connectivity index (χ1) is 14.5. The summed E-state index contributed by atoms with van der Waals surface area (Å²) in [6.45, 7) is 8.15. The summed E-state index contributed by atoms with van der Waals surface area (Å²) in [7, 11) is 1.72. The van der Waals surface area contributed by atoms with Gasteiger partial charge in [-0.25, -0.2) is 0 Å². The number of nitrogens with one attached hydrogen (secondary N) is 1. The van der Waals surface area contributed by atoms with E-state index < -0.39 is 0 Å². The molecule has 3 heterocycles. The van der Waals surface area contributed by atoms with E-state index >= 15 is 0 Å². The number of ether oxygens (including phenoxy) is 2. The van der Waals surface area contributed by atoms with Crippen LogP contribution in [-0.2, 0) is 11.3 Å². The van der Waals surface area contributed by atoms with Crippen LogP contribution in [0.2, 0.25) is 0 Å². The summed E-state index contributed by atoms with van der Waals surface area (Å²) in [5.41, 5.74) is 2.93. The Bertz CT molecular complexity index is 850. The first-order valence-corrected chi connectivity index (χ1v) is 10.9. The van der Waals surface area contributed by atoms with Gasteiger partial charge in [-0.2, -0.15) is 5.10 Å². The Morgan fingerprint density at radius 2 is 1.90 bits per heavy atom. The Labute approximate surface area is 178 Å². The fraction of sp³-hybridized carbons (Fsp3) is 0.565. The van der Waals surface area contributed by atoms with E-state index in [0.717, 1.165) is 49.5 Å². The Hall–Kier alpha value is -2.38. The van der Waals surface area contributed by atoms with Gasteiger partial charge in [-0.05, 0) is 45.8 Å². The zero-order valence-corrected chi connectivity index (χ0v) is 18.1. The molecule has 0 aliphatic carbocycles. The van der Waals surface area contributed by atoms with Crippen LogP contribution in [0.3, 0.4) is 0 Å². The SMILES string of the molecule is COc1ccccc1CN1CCC(c2[nH]ncc2C(=O)N2C[C@H](C)O[C@@H](C)C2)CC1. The molecule has 2 aliphatic rings. The Balaban J connectivity index is 1.39. The maximum absolute atomic E-state index is 13.2. The second kappa shape index (κ2) is 9.18. The van der Waals surface area contributed by atoms with E-state index in [-0.39, 0.29) is 18.1 Å². The van der Waals surface area contributed by atoms with Crippen LogP contribution in [0.5, 0.6) is 5.75 Å². The number of morpholine rings is 1. The molecule has 1 N–H and O–H groups in total. The number of piperidine rings is 1. The lowest BCUT2D eigenvalue weighted by molar-refractivity contribution is -0.0586. The second-order valence-electron chi connectivity index (χ2n) is 8.53. The summed E-state index contributed by atoms with van der Waals surface area (Å²) in [6, 6.07) is 8.20. The largest absolute Gasteiger partial charge is 0.496 e. The topological polar surface area (TPSA) is 70.7 Å². The molecule has 2 saturated heterocycles. The number of aromatic amines is 1. The number of para-hydroxylation sites is 1. The van der Waals surface area contributed by atoms with Gasteiger partial charge in [0.1, 0.15) is 5.75 Å². The fourth-order valence-electron chi connectivity index (χ4n) is 4.75. The molecule has 2 fully saturated rings. The number of hydrogen-bond donors (Lipinski definition) is 1. The molecule has 2 aliphatic heterocycles. The maximum Gasteiger partial charge on any atom is 0.257 e. The first-order valence-electron chi connectivity index (χ1n) is 10.9. The molecule has 4 rings (SSSR count). The van der Waals surface area contributed by atoms with Gasteiger partial charge in [0.15, 0.2) is 0 Å². The predicted octanol–water partition coefficient (Wildman–Crippen LogP) is 3.05. The van der Waals surface area contributed by atoms with Crippen LogP contribution in [0.1, 0.15) is 54.2 Å². The number of methoxy groups -OCH3 is 1. The molecular formula is C23H32N4O3. The van der Waals surface area contributed by atoms with E-state index in [1.165, 1.54) is 5.56 Å². The standard InChI is InChI=1S/C23H32N4O3/c1-16-13-27(14-17(2)30-16)23(28)20-12-24-25-22(20)18-8-10-26(11-9-18)15-19-6-4-5-7-21(19)29-3/h4-7,12,16-18H,8-11,13-15H2,1-3H3,(H,24,25)/t16-,17-/m0/s1. The molecule has 2 atom stereocenters. The molecule has 0 bridgehead atoms. The molecule has 0 unspecified atom stereocenters. The number of likely N-dealkylation sites (tertiary alicyclic amines) is 1. The van der Waals surface area contributed by atoms with Gasteiger partial charge in [-0.1, -0.05) is 18.2 Å². The molecule has 1 amide bonds. The highest BCUT2D eigenvalue weighted by molar-refractivity contribution is 5.95. The molecule has 0 saturated carbocycles. The summed E-state index contributed by atoms with van der Waals surface area (Å²) < 4.78 is 11.3. The molecule has 0 spiro atoms. The lowest BCUT2D eigenvalue weighted by Gasteiger charge is -2.36. The van der Waals surface area contributed by atoms with Gasteiger partial charge in [0.05, 0.1) is 36.8 Å². The quantitative estimate of drug-likeness (QED) is 0.817. The van der Waals surface area contributed by atoms with Crippen molar-refractivity contribution >= 4 is 5.91 Å². The minimum absolute atomic E-state index is 0.0614. The lowest BCUT2D eigenvalue weighted by atomic mass is 9.90. The molecule has 1 aromatic carbocycles. The highest BCUT2D eigenvalue weighted by atomic mass is 16.5. The Morgan fingerprint density at radius 1 is 1.20 bits per heavy atom. The van der Waals surface area contributed by atoms with Crippen LogP contribution in [0.4, 0.5) is 0 Å². The molecule has 7 nitrogen and oxygen atoms in total. The lowest BCUT2D eigenvalue weighted by Crippen LogP contribution is -2.48. The van der Waals surface area contributed by atoms with Crippen molar-refractivity contribution in [1.82, 2.24) is 20.0 Å². The average molecular weight is 413 g/mol. The first kappa shape index (κ1) is 20.9. The second-order valence-corrected chi connectivity index (χ2v) is 8.53. The number of amides is 1. The van der Waals surface area contributed by atoms with Gasteiger partial charge >= 0.3 is 0 Å². The van der Waals surface area contributed by atoms with Gasteiger partial charge < -0.3 is 14.4 Å². The van der Waals surface area contributed by atoms with Gasteiger partial charge in [0.2, 0.25) is 0 Å². The number of rotatable bonds is 5. The molecular weight excluding hydrogens is 380 g/mol. The van der Waals surface area contributed by atoms with Crippen molar-refractivity contribution < 1.29 is 14.3 Å². The van der Waals surface area contributed by atoms with E-state index in [1.807, 2.05) is 30.9 Å². The summed E-state index contributed by atoms with van der Waals surface area (Å²) >= 11 is 0. The molecule has 0 radical (unpaired) electrons. The van der Waals surface area contributed by atoms with Crippen molar-refractivity contribution in [3.8, 4) is 5.75 Å². The third kappa shape index (κ3) is 4.52. The van der Waals surface area contributed by atoms with Crippen molar-refractivity contribution in [1.29, 1.82) is 0 Å². The van der Waals surface area contributed by atoms with Crippen molar-refractivity contribution in [2.45, 2.75) is 51.4 Å². The van der Waals surface area contributed by atoms with Crippen molar-refractivity contribution in [2.75, 3.05) is 33.3 Å². The average Bonchev–Trinajstić information content (AvgIpc) is 3.23. The third-order valence-corrected chi connectivity index (χ3v) is 6.19. The summed E-state index contributed by atoms with van der Waals surface area (Å²) in [4.78, 5) is 17.5. The van der Waals surface area contributed by atoms with Crippen LogP contribution in [0.25, 0.3) is 0 Å². The van der Waals surface area contributed by atoms with Crippen LogP contribution < -0.4 is 4.74 Å². The number of carbonyl (C=O) groups is 1. The fourth-order valence-corrected chi connectivity index (χ4v) is 4.75. The number of H-pyrrole nitrogens is 1. The molecule has 162 valence electrons. The zero-order chi connectivity index (χ0) is 21.1. The summed E-state index contributed by atoms with van der Waals surface area (Å²) in [5.74, 6) is 1.34. The smallest absolute Gasteiger partial charge is 0.257 e. The van der Waals surface area contributed by atoms with Crippen LogP contribution in [-0.4, -0.2) is 71.4 Å². The highest BCUT2D eigenvalue weighted by Gasteiger charge is 2.31. The van der Waals surface area contributed by atoms with E-state index in [1.54, 1.807) is 13.3 Å². The summed E-state index contributed by atoms with van der Waals surface area (Å²) in [6.07, 6.45) is 3.84. The number of hydrogen-bond acceptors (Lipinski definition) is 5. The number of aromatic nitrogens is 2. The van der Waals surface area contributed by atoms with E-state index in [9.17, 15) is 4.79 Å². The predicted molar refractivity (Wildman–Crippen MR) is 115 cm³/mol. The minimum atomic E-state index is 0.0614. The Morgan fingerprint density at radius 3 is 2.60 bits per heavy atom. The molecule has 30 heavy (non-hydrogen) atoms. The van der Waals surface area contributed by atoms with Crippen molar-refractivity contribution in [3.05, 3.63) is 47.3 Å². The van der Waals surface area contributed by atoms with E-state index in [0.29, 0.717) is 19.0 Å². The van der Waals surface area contributed by atoms with E-state index in [4.69, 9.17) is 9.47 Å². The number of carbonyl (C=O) groups excluding carboxylic acids is 1. The maximum atomic E-state index is 13.2. The van der Waals surface area contributed by atoms with Crippen LogP contribution >= 0.6 is 0 Å². The van der Waals surface area contributed by atoms with Crippen molar-refractivity contribution in [3.63, 3.8) is 0 Å². The number of nitrogens with zero attached hydrogens (tertiary/aromatic N) is 3. The van der Waals surface area contributed by atoms with Gasteiger partial charge in [-0.3, -0.25) is 14.8 Å². The van der Waals surface area contributed by atoms with E-state index in [2.05, 4.69) is 27.2 Å². The third-order valence-electron chi connectivity index (χ3n) is 6.19. The van der Waals surface area contributed by atoms with Gasteiger partial charge in [0.25, 0.3) is 5.91 Å². The van der Waals surface area contributed by atoms with Crippen LogP contribution in [0, 0.1) is 0 Å².